The molecule has 0 saturated carbocycles. The predicted molar refractivity (Wildman–Crippen MR) is 48.8 cm³/mol. The second-order valence-electron chi connectivity index (χ2n) is 2.97. The molecule has 0 aliphatic heterocycles. The summed E-state index contributed by atoms with van der Waals surface area (Å²) >= 11 is 0. The smallest absolute Gasteiger partial charge is 0.0480 e. The summed E-state index contributed by atoms with van der Waals surface area (Å²) in [6.45, 7) is 11.9. The third-order valence-electron chi connectivity index (χ3n) is 1.30. The highest BCUT2D eigenvalue weighted by Crippen LogP contribution is 2.46. The summed E-state index contributed by atoms with van der Waals surface area (Å²) in [6, 6.07) is 0. The van der Waals surface area contributed by atoms with Crippen molar-refractivity contribution < 1.29 is 4.52 Å². The van der Waals surface area contributed by atoms with Gasteiger partial charge in [0.1, 0.15) is 0 Å². The molecule has 0 N–H and O–H groups in total. The van der Waals surface area contributed by atoms with Crippen molar-refractivity contribution in [3.63, 3.8) is 0 Å². The summed E-state index contributed by atoms with van der Waals surface area (Å²) in [7, 11) is -0.179. The summed E-state index contributed by atoms with van der Waals surface area (Å²) in [5, 5.41) is 0. The van der Waals surface area contributed by atoms with E-state index >= 15 is 0 Å². The fourth-order valence-electron chi connectivity index (χ4n) is 1.04. The van der Waals surface area contributed by atoms with E-state index in [2.05, 4.69) is 34.6 Å². The zero-order valence-corrected chi connectivity index (χ0v) is 8.61. The van der Waals surface area contributed by atoms with E-state index < -0.39 is 0 Å². The van der Waals surface area contributed by atoms with Crippen molar-refractivity contribution in [3.8, 4) is 0 Å². The van der Waals surface area contributed by atoms with Gasteiger partial charge in [0, 0.05) is 14.8 Å². The zero-order valence-electron chi connectivity index (χ0n) is 7.72. The first-order valence-corrected chi connectivity index (χ1v) is 5.40. The van der Waals surface area contributed by atoms with Crippen LogP contribution in [0, 0.1) is 0 Å². The van der Waals surface area contributed by atoms with E-state index in [4.69, 9.17) is 4.52 Å². The lowest BCUT2D eigenvalue weighted by atomic mass is 10.5. The summed E-state index contributed by atoms with van der Waals surface area (Å²) in [6.07, 6.45) is 0. The molecule has 0 rings (SSSR count). The lowest BCUT2D eigenvalue weighted by Crippen LogP contribution is -2.05. The minimum Gasteiger partial charge on any atom is -0.359 e. The summed E-state index contributed by atoms with van der Waals surface area (Å²) in [4.78, 5) is 0. The molecule has 0 aromatic carbocycles. The van der Waals surface area contributed by atoms with Gasteiger partial charge >= 0.3 is 0 Å². The van der Waals surface area contributed by atoms with Gasteiger partial charge in [-0.15, -0.1) is 0 Å². The average molecular weight is 162 g/mol. The van der Waals surface area contributed by atoms with Crippen molar-refractivity contribution in [1.29, 1.82) is 0 Å². The van der Waals surface area contributed by atoms with E-state index in [0.29, 0.717) is 11.3 Å². The SMILES string of the molecule is CCOP(C(C)C)C(C)C. The van der Waals surface area contributed by atoms with Crippen molar-refractivity contribution in [2.45, 2.75) is 45.9 Å². The molecule has 62 valence electrons. The Morgan fingerprint density at radius 2 is 1.50 bits per heavy atom. The second kappa shape index (κ2) is 5.09. The third kappa shape index (κ3) is 3.53. The topological polar surface area (TPSA) is 9.23 Å². The van der Waals surface area contributed by atoms with E-state index in [1.807, 2.05) is 0 Å². The van der Waals surface area contributed by atoms with Crippen LogP contribution in [0.4, 0.5) is 0 Å². The molecular formula is C8H19OP. The molecule has 0 spiro atoms. The quantitative estimate of drug-likeness (QED) is 0.576. The Morgan fingerprint density at radius 1 is 1.10 bits per heavy atom. The Balaban J connectivity index is 3.73. The van der Waals surface area contributed by atoms with Crippen LogP contribution in [0.15, 0.2) is 0 Å². The summed E-state index contributed by atoms with van der Waals surface area (Å²) < 4.78 is 5.63. The van der Waals surface area contributed by atoms with Gasteiger partial charge in [0.15, 0.2) is 0 Å². The van der Waals surface area contributed by atoms with Crippen LogP contribution in [0.25, 0.3) is 0 Å². The number of rotatable bonds is 4. The third-order valence-corrected chi connectivity index (χ3v) is 3.89. The van der Waals surface area contributed by atoms with Crippen LogP contribution in [0.3, 0.4) is 0 Å². The van der Waals surface area contributed by atoms with Crippen LogP contribution in [0.1, 0.15) is 34.6 Å². The largest absolute Gasteiger partial charge is 0.359 e. The summed E-state index contributed by atoms with van der Waals surface area (Å²) in [5.74, 6) is 0. The molecule has 0 fully saturated rings. The van der Waals surface area contributed by atoms with Crippen LogP contribution in [-0.2, 0) is 4.52 Å². The number of hydrogen-bond acceptors (Lipinski definition) is 1. The highest BCUT2D eigenvalue weighted by Gasteiger charge is 2.16. The molecule has 0 bridgehead atoms. The standard InChI is InChI=1S/C8H19OP/c1-6-9-10(7(2)3)8(4)5/h7-8H,6H2,1-5H3. The first kappa shape index (κ1) is 10.4. The molecule has 0 aliphatic rings. The van der Waals surface area contributed by atoms with Crippen LogP contribution in [0.5, 0.6) is 0 Å². The maximum absolute atomic E-state index is 5.63. The summed E-state index contributed by atoms with van der Waals surface area (Å²) in [5.41, 5.74) is 1.41. The van der Waals surface area contributed by atoms with Crippen LogP contribution >= 0.6 is 8.15 Å². The van der Waals surface area contributed by atoms with Crippen LogP contribution < -0.4 is 0 Å². The molecule has 0 unspecified atom stereocenters. The first-order valence-electron chi connectivity index (χ1n) is 4.00. The second-order valence-corrected chi connectivity index (χ2v) is 6.01. The molecule has 10 heavy (non-hydrogen) atoms. The van der Waals surface area contributed by atoms with Gasteiger partial charge in [0.25, 0.3) is 0 Å². The van der Waals surface area contributed by atoms with E-state index in [1.165, 1.54) is 0 Å². The van der Waals surface area contributed by atoms with Crippen molar-refractivity contribution in [2.75, 3.05) is 6.61 Å². The van der Waals surface area contributed by atoms with E-state index in [1.54, 1.807) is 0 Å². The van der Waals surface area contributed by atoms with Crippen LogP contribution in [0.2, 0.25) is 0 Å². The Bertz CT molecular complexity index is 73.3. The molecular weight excluding hydrogens is 143 g/mol. The maximum Gasteiger partial charge on any atom is 0.0480 e. The maximum atomic E-state index is 5.63. The molecule has 0 heterocycles. The molecule has 0 atom stereocenters. The van der Waals surface area contributed by atoms with Crippen molar-refractivity contribution in [1.82, 2.24) is 0 Å². The number of hydrogen-bond donors (Lipinski definition) is 0. The Kier molecular flexibility index (Phi) is 5.29. The van der Waals surface area contributed by atoms with Gasteiger partial charge < -0.3 is 4.52 Å². The highest BCUT2D eigenvalue weighted by atomic mass is 31.1. The van der Waals surface area contributed by atoms with E-state index in [9.17, 15) is 0 Å². The van der Waals surface area contributed by atoms with Crippen molar-refractivity contribution >= 4 is 8.15 Å². The zero-order chi connectivity index (χ0) is 8.15. The molecule has 0 amide bonds. The predicted octanol–water partition coefficient (Wildman–Crippen LogP) is 3.24. The lowest BCUT2D eigenvalue weighted by Gasteiger charge is -2.24. The molecule has 1 nitrogen and oxygen atoms in total. The molecule has 0 radical (unpaired) electrons. The molecule has 0 saturated heterocycles. The molecule has 2 heteroatoms. The van der Waals surface area contributed by atoms with Gasteiger partial charge in [0.2, 0.25) is 0 Å². The van der Waals surface area contributed by atoms with Crippen molar-refractivity contribution in [3.05, 3.63) is 0 Å². The van der Waals surface area contributed by atoms with Gasteiger partial charge in [-0.05, 0) is 18.2 Å². The molecule has 0 aromatic rings. The van der Waals surface area contributed by atoms with Gasteiger partial charge in [-0.2, -0.15) is 0 Å². The van der Waals surface area contributed by atoms with Gasteiger partial charge in [-0.3, -0.25) is 0 Å². The van der Waals surface area contributed by atoms with Crippen molar-refractivity contribution in [2.24, 2.45) is 0 Å². The molecule has 0 aromatic heterocycles. The Morgan fingerprint density at radius 3 is 1.60 bits per heavy atom. The normalized spacial score (nSPS) is 12.0. The van der Waals surface area contributed by atoms with Gasteiger partial charge in [-0.25, -0.2) is 0 Å². The minimum absolute atomic E-state index is 0.179. The lowest BCUT2D eigenvalue weighted by molar-refractivity contribution is 0.369. The fourth-order valence-corrected chi connectivity index (χ4v) is 3.13. The van der Waals surface area contributed by atoms with Gasteiger partial charge in [-0.1, -0.05) is 27.7 Å². The minimum atomic E-state index is -0.179. The van der Waals surface area contributed by atoms with Crippen LogP contribution in [-0.4, -0.2) is 17.9 Å². The van der Waals surface area contributed by atoms with E-state index in [0.717, 1.165) is 6.61 Å². The highest BCUT2D eigenvalue weighted by molar-refractivity contribution is 7.54. The van der Waals surface area contributed by atoms with Gasteiger partial charge in [0.05, 0.1) is 0 Å². The Labute approximate surface area is 66.0 Å². The van der Waals surface area contributed by atoms with E-state index in [-0.39, 0.29) is 8.15 Å². The Hall–Kier alpha value is 0.390. The average Bonchev–Trinajstić information content (AvgIpc) is 1.81. The monoisotopic (exact) mass is 162 g/mol. The first-order chi connectivity index (χ1) is 4.59. The molecule has 0 aliphatic carbocycles. The fraction of sp³-hybridized carbons (Fsp3) is 1.00.